The number of fused-ring (bicyclic) bond motifs is 3. The second-order valence-electron chi connectivity index (χ2n) is 7.27. The zero-order valence-corrected chi connectivity index (χ0v) is 14.8. The summed E-state index contributed by atoms with van der Waals surface area (Å²) in [6, 6.07) is 1.41. The van der Waals surface area contributed by atoms with Crippen LogP contribution >= 0.6 is 11.6 Å². The molecule has 9 heteroatoms. The normalized spacial score (nSPS) is 24.1. The number of nitrogens with zero attached hydrogens (tertiary/aromatic N) is 4. The molecule has 2 fully saturated rings. The highest BCUT2D eigenvalue weighted by atomic mass is 35.5. The van der Waals surface area contributed by atoms with Gasteiger partial charge >= 0.3 is 0 Å². The van der Waals surface area contributed by atoms with Crippen molar-refractivity contribution in [2.45, 2.75) is 31.7 Å². The minimum atomic E-state index is -1.05. The van der Waals surface area contributed by atoms with Gasteiger partial charge in [-0.25, -0.2) is 13.2 Å². The van der Waals surface area contributed by atoms with Gasteiger partial charge in [-0.05, 0) is 31.1 Å². The molecule has 2 saturated carbocycles. The van der Waals surface area contributed by atoms with E-state index in [0.29, 0.717) is 29.8 Å². The van der Waals surface area contributed by atoms with E-state index in [9.17, 15) is 13.2 Å². The first-order valence-electron chi connectivity index (χ1n) is 8.82. The Hall–Kier alpha value is -2.35. The van der Waals surface area contributed by atoms with Crippen LogP contribution in [0.15, 0.2) is 18.5 Å². The van der Waals surface area contributed by atoms with Crippen LogP contribution in [0.2, 0.25) is 5.15 Å². The van der Waals surface area contributed by atoms with Gasteiger partial charge in [-0.1, -0.05) is 18.0 Å². The summed E-state index contributed by atoms with van der Waals surface area (Å²) in [5.74, 6) is -1.39. The van der Waals surface area contributed by atoms with Gasteiger partial charge in [0.1, 0.15) is 34.7 Å². The lowest BCUT2D eigenvalue weighted by Crippen LogP contribution is -2.27. The molecule has 5 nitrogen and oxygen atoms in total. The summed E-state index contributed by atoms with van der Waals surface area (Å²) in [6.07, 6.45) is 5.76. The van der Waals surface area contributed by atoms with Gasteiger partial charge in [0.15, 0.2) is 0 Å². The summed E-state index contributed by atoms with van der Waals surface area (Å²) in [5.41, 5.74) is -0.413. The van der Waals surface area contributed by atoms with Gasteiger partial charge in [0.2, 0.25) is 0 Å². The summed E-state index contributed by atoms with van der Waals surface area (Å²) in [5, 5.41) is 7.40. The third-order valence-corrected chi connectivity index (χ3v) is 5.97. The number of nitrogens with one attached hydrogen (secondary N) is 1. The van der Waals surface area contributed by atoms with Gasteiger partial charge in [0.05, 0.1) is 11.1 Å². The van der Waals surface area contributed by atoms with Crippen molar-refractivity contribution in [3.05, 3.63) is 41.1 Å². The van der Waals surface area contributed by atoms with Crippen LogP contribution in [0.1, 0.15) is 25.7 Å². The van der Waals surface area contributed by atoms with Crippen LogP contribution in [-0.4, -0.2) is 25.6 Å². The van der Waals surface area contributed by atoms with Crippen molar-refractivity contribution in [3.8, 4) is 11.1 Å². The standard InChI is InChI=1S/C18H15ClF3N5/c19-16-15(14-11(21)5-10(20)6-12(14)22)17(27-18(26-16)23-7-24-27)25-13-4-8-1-2-9(13)3-8/h5-9,13,25H,1-4H2. The predicted molar refractivity (Wildman–Crippen MR) is 94.0 cm³/mol. The minimum absolute atomic E-state index is 0.0208. The molecule has 0 spiro atoms. The fourth-order valence-electron chi connectivity index (χ4n) is 4.55. The van der Waals surface area contributed by atoms with Crippen molar-refractivity contribution in [2.24, 2.45) is 11.8 Å². The van der Waals surface area contributed by atoms with Gasteiger partial charge < -0.3 is 5.32 Å². The molecule has 3 atom stereocenters. The predicted octanol–water partition coefficient (Wildman–Crippen LogP) is 4.46. The zero-order chi connectivity index (χ0) is 18.7. The molecule has 1 aromatic carbocycles. The second-order valence-corrected chi connectivity index (χ2v) is 7.63. The van der Waals surface area contributed by atoms with Crippen molar-refractivity contribution >= 4 is 23.2 Å². The van der Waals surface area contributed by atoms with E-state index < -0.39 is 23.0 Å². The Kier molecular flexibility index (Phi) is 3.79. The lowest BCUT2D eigenvalue weighted by atomic mass is 9.95. The van der Waals surface area contributed by atoms with Gasteiger partial charge in [0, 0.05) is 18.2 Å². The molecule has 2 bridgehead atoms. The Labute approximate surface area is 157 Å². The molecule has 2 aliphatic rings. The van der Waals surface area contributed by atoms with E-state index in [-0.39, 0.29) is 22.5 Å². The average molecular weight is 394 g/mol. The first kappa shape index (κ1) is 16.8. The van der Waals surface area contributed by atoms with Gasteiger partial charge in [-0.2, -0.15) is 19.6 Å². The quantitative estimate of drug-likeness (QED) is 0.667. The topological polar surface area (TPSA) is 55.1 Å². The van der Waals surface area contributed by atoms with Crippen LogP contribution in [0.5, 0.6) is 0 Å². The molecular formula is C18H15ClF3N5. The maximum atomic E-state index is 14.5. The van der Waals surface area contributed by atoms with Crippen LogP contribution in [0.3, 0.4) is 0 Å². The Balaban J connectivity index is 1.71. The third-order valence-electron chi connectivity index (χ3n) is 5.70. The van der Waals surface area contributed by atoms with E-state index in [4.69, 9.17) is 11.6 Å². The van der Waals surface area contributed by atoms with Gasteiger partial charge in [-0.3, -0.25) is 0 Å². The molecule has 2 aliphatic carbocycles. The number of aromatic nitrogens is 4. The Morgan fingerprint density at radius 2 is 1.85 bits per heavy atom. The highest BCUT2D eigenvalue weighted by Crippen LogP contribution is 2.47. The average Bonchev–Trinajstić information content (AvgIpc) is 3.32. The third kappa shape index (κ3) is 2.65. The summed E-state index contributed by atoms with van der Waals surface area (Å²) in [6.45, 7) is 0. The van der Waals surface area contributed by atoms with Crippen LogP contribution in [0.25, 0.3) is 16.9 Å². The molecule has 0 radical (unpaired) electrons. The van der Waals surface area contributed by atoms with E-state index in [1.807, 2.05) is 0 Å². The molecule has 0 amide bonds. The van der Waals surface area contributed by atoms with E-state index in [1.54, 1.807) is 0 Å². The van der Waals surface area contributed by atoms with Crippen LogP contribution in [0.4, 0.5) is 19.0 Å². The van der Waals surface area contributed by atoms with Gasteiger partial charge in [-0.15, -0.1) is 0 Å². The fraction of sp³-hybridized carbons (Fsp3) is 0.389. The largest absolute Gasteiger partial charge is 0.366 e. The molecule has 27 heavy (non-hydrogen) atoms. The SMILES string of the molecule is Fc1cc(F)c(-c2c(Cl)nc3ncnn3c2NC2CC3CCC2C3)c(F)c1. The highest BCUT2D eigenvalue weighted by molar-refractivity contribution is 6.33. The van der Waals surface area contributed by atoms with E-state index in [2.05, 4.69) is 20.4 Å². The molecule has 2 aromatic heterocycles. The van der Waals surface area contributed by atoms with Crippen molar-refractivity contribution in [1.82, 2.24) is 19.6 Å². The van der Waals surface area contributed by atoms with Crippen molar-refractivity contribution in [1.29, 1.82) is 0 Å². The molecule has 2 heterocycles. The first-order chi connectivity index (χ1) is 13.0. The molecular weight excluding hydrogens is 379 g/mol. The first-order valence-corrected chi connectivity index (χ1v) is 9.19. The highest BCUT2D eigenvalue weighted by Gasteiger charge is 2.40. The Bertz CT molecular complexity index is 1030. The number of benzene rings is 1. The molecule has 1 N–H and O–H groups in total. The van der Waals surface area contributed by atoms with Crippen molar-refractivity contribution < 1.29 is 13.2 Å². The van der Waals surface area contributed by atoms with E-state index >= 15 is 0 Å². The minimum Gasteiger partial charge on any atom is -0.366 e. The lowest BCUT2D eigenvalue weighted by molar-refractivity contribution is 0.438. The monoisotopic (exact) mass is 393 g/mol. The lowest BCUT2D eigenvalue weighted by Gasteiger charge is -2.25. The number of hydrogen-bond donors (Lipinski definition) is 1. The molecule has 0 aliphatic heterocycles. The molecule has 3 unspecified atom stereocenters. The van der Waals surface area contributed by atoms with E-state index in [1.165, 1.54) is 17.3 Å². The summed E-state index contributed by atoms with van der Waals surface area (Å²) >= 11 is 6.29. The summed E-state index contributed by atoms with van der Waals surface area (Å²) in [4.78, 5) is 8.11. The maximum absolute atomic E-state index is 14.5. The number of rotatable bonds is 3. The van der Waals surface area contributed by atoms with Gasteiger partial charge in [0.25, 0.3) is 5.78 Å². The zero-order valence-electron chi connectivity index (χ0n) is 14.1. The number of anilines is 1. The van der Waals surface area contributed by atoms with Crippen LogP contribution in [-0.2, 0) is 0 Å². The molecule has 3 aromatic rings. The number of hydrogen-bond acceptors (Lipinski definition) is 4. The maximum Gasteiger partial charge on any atom is 0.255 e. The summed E-state index contributed by atoms with van der Waals surface area (Å²) < 4.78 is 43.8. The molecule has 140 valence electrons. The summed E-state index contributed by atoms with van der Waals surface area (Å²) in [7, 11) is 0. The molecule has 0 saturated heterocycles. The van der Waals surface area contributed by atoms with E-state index in [0.717, 1.165) is 19.3 Å². The van der Waals surface area contributed by atoms with Crippen molar-refractivity contribution in [2.75, 3.05) is 5.32 Å². The number of halogens is 4. The fourth-order valence-corrected chi connectivity index (χ4v) is 4.81. The Morgan fingerprint density at radius 3 is 2.52 bits per heavy atom. The smallest absolute Gasteiger partial charge is 0.255 e. The van der Waals surface area contributed by atoms with Crippen molar-refractivity contribution in [3.63, 3.8) is 0 Å². The second kappa shape index (κ2) is 6.09. The Morgan fingerprint density at radius 1 is 1.07 bits per heavy atom. The van der Waals surface area contributed by atoms with Crippen LogP contribution in [0, 0.1) is 29.3 Å². The van der Waals surface area contributed by atoms with Crippen LogP contribution < -0.4 is 5.32 Å². The molecule has 5 rings (SSSR count).